The number of ether oxygens (including phenoxy) is 4. The van der Waals surface area contributed by atoms with E-state index in [0.717, 1.165) is 64.1 Å². The van der Waals surface area contributed by atoms with Crippen molar-refractivity contribution in [3.63, 3.8) is 0 Å². The van der Waals surface area contributed by atoms with Gasteiger partial charge in [0, 0.05) is 46.8 Å². The van der Waals surface area contributed by atoms with E-state index in [0.29, 0.717) is 78.2 Å². The van der Waals surface area contributed by atoms with Crippen LogP contribution in [0, 0.1) is 23.6 Å². The second-order valence-corrected chi connectivity index (χ2v) is 22.5. The fourth-order valence-corrected chi connectivity index (χ4v) is 12.9. The maximum Gasteiger partial charge on any atom is 0.407 e. The SMILES string of the molecule is CCCc1cnc(C2Oc3cc(-c4cnc([C@@H]5CCCN5C(=O)[C@@H](NC(=O)OC)C(C)C)[nH]4)cc(F)c3-c3cc4cc(-c5cnc([C@@H]6C[C@H]7C[C@H]7N6C(=O)C(NC(=O)OC)C6CCOC(C)(C)C6)[nH]5)ccc4n32)s1. The third-order valence-corrected chi connectivity index (χ3v) is 16.7. The number of hydrogen-bond donors (Lipinski definition) is 4. The molecular weight excluding hydrogens is 968 g/mol. The largest absolute Gasteiger partial charge is 0.462 e. The van der Waals surface area contributed by atoms with Gasteiger partial charge in [-0.3, -0.25) is 14.2 Å². The van der Waals surface area contributed by atoms with Crippen LogP contribution in [0.2, 0.25) is 0 Å². The Bertz CT molecular complexity index is 3140. The van der Waals surface area contributed by atoms with Gasteiger partial charge in [-0.05, 0) is 107 Å². The Morgan fingerprint density at radius 3 is 2.38 bits per heavy atom. The third-order valence-electron chi connectivity index (χ3n) is 15.6. The molecule has 8 heterocycles. The standard InChI is InChI=1S/C54H63FN10O8S/c1-8-10-33-24-58-48(74-33)51-65-37-13-12-28(35-25-57-47(59-35)41-21-32-19-39(32)64(41)50(67)45(62-53(69)71-7)29-14-16-72-54(4,5)23-29)17-31(37)20-40(65)43-34(55)18-30(22-42(43)73-51)36-26-56-46(60-36)38-11-9-15-63(38)49(66)44(27(2)3)61-52(68)70-6/h12-13,17-18,20,22,24-27,29,32,38-39,41,44-45,51H,8-11,14-16,19,21,23H2,1-7H3,(H,56,60)(H,57,59)(H,61,68)(H,62,69)/t29?,32-,38+,39-,41+,44+,45?,51?/m1/s1. The van der Waals surface area contributed by atoms with Gasteiger partial charge in [-0.1, -0.05) is 33.3 Å². The van der Waals surface area contributed by atoms with Gasteiger partial charge in [0.25, 0.3) is 0 Å². The minimum atomic E-state index is -0.778. The van der Waals surface area contributed by atoms with Gasteiger partial charge in [-0.2, -0.15) is 0 Å². The van der Waals surface area contributed by atoms with Gasteiger partial charge < -0.3 is 49.3 Å². The average molecular weight is 1030 g/mol. The number of benzene rings is 2. The lowest BCUT2D eigenvalue weighted by atomic mass is 9.82. The van der Waals surface area contributed by atoms with Crippen molar-refractivity contribution in [3.05, 3.63) is 82.3 Å². The first-order valence-corrected chi connectivity index (χ1v) is 26.6. The first-order valence-electron chi connectivity index (χ1n) is 25.8. The zero-order valence-corrected chi connectivity index (χ0v) is 43.5. The Morgan fingerprint density at radius 2 is 1.65 bits per heavy atom. The van der Waals surface area contributed by atoms with Crippen LogP contribution in [0.15, 0.2) is 55.0 Å². The van der Waals surface area contributed by atoms with Crippen LogP contribution in [-0.2, 0) is 30.2 Å². The number of H-pyrrole nitrogens is 2. The molecule has 8 atom stereocenters. The number of rotatable bonds is 13. The maximum absolute atomic E-state index is 17.0. The molecule has 1 aliphatic carbocycles. The van der Waals surface area contributed by atoms with Crippen molar-refractivity contribution in [2.24, 2.45) is 17.8 Å². The molecule has 4 N–H and O–H groups in total. The Kier molecular flexibility index (Phi) is 13.0. The number of alkyl carbamates (subject to hydrolysis) is 2. The molecule has 4 amide bonds. The Morgan fingerprint density at radius 1 is 0.905 bits per heavy atom. The van der Waals surface area contributed by atoms with E-state index in [1.807, 2.05) is 67.6 Å². The number of amides is 4. The first-order chi connectivity index (χ1) is 35.6. The van der Waals surface area contributed by atoms with Gasteiger partial charge in [0.05, 0.1) is 72.5 Å². The molecule has 18 nitrogen and oxygen atoms in total. The van der Waals surface area contributed by atoms with E-state index in [9.17, 15) is 19.2 Å². The highest BCUT2D eigenvalue weighted by atomic mass is 32.1. The monoisotopic (exact) mass is 1030 g/mol. The number of piperidine rings is 1. The average Bonchev–Trinajstić information content (AvgIpc) is 4.15. The summed E-state index contributed by atoms with van der Waals surface area (Å²) in [6, 6.07) is 9.24. The number of thiazole rings is 1. The molecule has 20 heteroatoms. The second kappa shape index (κ2) is 19.5. The van der Waals surface area contributed by atoms with Gasteiger partial charge in [0.2, 0.25) is 18.0 Å². The minimum absolute atomic E-state index is 0.0734. The van der Waals surface area contributed by atoms with Crippen molar-refractivity contribution in [1.29, 1.82) is 0 Å². The molecule has 1 saturated carbocycles. The highest BCUT2D eigenvalue weighted by Crippen LogP contribution is 2.54. The van der Waals surface area contributed by atoms with Crippen LogP contribution in [0.4, 0.5) is 14.0 Å². The Labute approximate surface area is 432 Å². The van der Waals surface area contributed by atoms with Crippen molar-refractivity contribution in [1.82, 2.24) is 49.9 Å². The number of nitrogens with zero attached hydrogens (tertiary/aromatic N) is 6. The molecule has 0 bridgehead atoms. The van der Waals surface area contributed by atoms with Crippen LogP contribution in [0.3, 0.4) is 0 Å². The number of aromatic nitrogens is 6. The maximum atomic E-state index is 17.0. The van der Waals surface area contributed by atoms with Crippen LogP contribution in [-0.4, -0.2) is 114 Å². The first kappa shape index (κ1) is 49.4. The highest BCUT2D eigenvalue weighted by molar-refractivity contribution is 7.11. The predicted molar refractivity (Wildman–Crippen MR) is 273 cm³/mol. The summed E-state index contributed by atoms with van der Waals surface area (Å²) in [5.41, 5.74) is 4.07. The number of carbonyl (C=O) groups excluding carboxylic acids is 4. The second-order valence-electron chi connectivity index (χ2n) is 21.3. The van der Waals surface area contributed by atoms with Crippen LogP contribution in [0.5, 0.6) is 5.75 Å². The fraction of sp³-hybridized carbons (Fsp3) is 0.500. The lowest BCUT2D eigenvalue weighted by Gasteiger charge is -2.40. The summed E-state index contributed by atoms with van der Waals surface area (Å²) in [6.45, 7) is 10.9. The molecule has 2 aromatic carbocycles. The molecule has 6 aromatic rings. The van der Waals surface area contributed by atoms with Crippen LogP contribution >= 0.6 is 11.3 Å². The fourth-order valence-electron chi connectivity index (χ4n) is 11.9. The van der Waals surface area contributed by atoms with E-state index in [2.05, 4.69) is 33.6 Å². The van der Waals surface area contributed by atoms with Gasteiger partial charge in [0.1, 0.15) is 35.3 Å². The number of imidazole rings is 2. The number of aryl methyl sites for hydroxylation is 1. The van der Waals surface area contributed by atoms with E-state index in [4.69, 9.17) is 33.9 Å². The zero-order chi connectivity index (χ0) is 51.7. The Hall–Kier alpha value is -6.80. The normalized spacial score (nSPS) is 23.4. The van der Waals surface area contributed by atoms with Crippen molar-refractivity contribution < 1.29 is 42.5 Å². The lowest BCUT2D eigenvalue weighted by molar-refractivity contribution is -0.140. The highest BCUT2D eigenvalue weighted by Gasteiger charge is 2.57. The van der Waals surface area contributed by atoms with Gasteiger partial charge >= 0.3 is 12.2 Å². The number of carbonyl (C=O) groups is 4. The molecule has 390 valence electrons. The molecular formula is C54H63FN10O8S. The van der Waals surface area contributed by atoms with Gasteiger partial charge in [-0.15, -0.1) is 11.3 Å². The third kappa shape index (κ3) is 9.06. The van der Waals surface area contributed by atoms with Crippen molar-refractivity contribution in [2.75, 3.05) is 27.4 Å². The predicted octanol–water partition coefficient (Wildman–Crippen LogP) is 9.21. The summed E-state index contributed by atoms with van der Waals surface area (Å²) in [6.07, 6.45) is 9.51. The lowest BCUT2D eigenvalue weighted by Crippen LogP contribution is -2.55. The smallest absolute Gasteiger partial charge is 0.407 e. The molecule has 0 spiro atoms. The number of aromatic amines is 2. The summed E-state index contributed by atoms with van der Waals surface area (Å²) in [7, 11) is 2.58. The summed E-state index contributed by atoms with van der Waals surface area (Å²) in [5.74, 6) is 0.819. The molecule has 4 fully saturated rings. The summed E-state index contributed by atoms with van der Waals surface area (Å²) in [4.78, 5) is 79.6. The molecule has 0 radical (unpaired) electrons. The van der Waals surface area contributed by atoms with E-state index >= 15 is 4.39 Å². The van der Waals surface area contributed by atoms with Gasteiger partial charge in [0.15, 0.2) is 5.01 Å². The van der Waals surface area contributed by atoms with Crippen LogP contribution in [0.1, 0.15) is 119 Å². The number of fused-ring (bicyclic) bond motifs is 6. The quantitative estimate of drug-likeness (QED) is 0.0857. The number of halogens is 1. The Balaban J connectivity index is 0.898. The molecule has 4 aliphatic heterocycles. The molecule has 5 aliphatic rings. The van der Waals surface area contributed by atoms with Crippen molar-refractivity contribution in [3.8, 4) is 39.5 Å². The molecule has 74 heavy (non-hydrogen) atoms. The molecule has 3 saturated heterocycles. The van der Waals surface area contributed by atoms with Crippen LogP contribution < -0.4 is 15.4 Å². The summed E-state index contributed by atoms with van der Waals surface area (Å²) >= 11 is 1.58. The van der Waals surface area contributed by atoms with Gasteiger partial charge in [-0.25, -0.2) is 28.9 Å². The number of methoxy groups -OCH3 is 2. The molecule has 3 unspecified atom stereocenters. The van der Waals surface area contributed by atoms with Crippen molar-refractivity contribution >= 4 is 46.2 Å². The topological polar surface area (TPSA) is 211 Å². The van der Waals surface area contributed by atoms with E-state index in [-0.39, 0.29) is 41.8 Å². The van der Waals surface area contributed by atoms with E-state index in [1.54, 1.807) is 28.6 Å². The van der Waals surface area contributed by atoms with E-state index < -0.39 is 41.9 Å². The number of nitrogens with one attached hydrogen (secondary N) is 4. The number of hydrogen-bond acceptors (Lipinski definition) is 12. The zero-order valence-electron chi connectivity index (χ0n) is 42.7. The molecule has 4 aromatic heterocycles. The summed E-state index contributed by atoms with van der Waals surface area (Å²) in [5, 5.41) is 7.18. The molecule has 11 rings (SSSR count). The van der Waals surface area contributed by atoms with Crippen molar-refractivity contribution in [2.45, 2.75) is 128 Å². The van der Waals surface area contributed by atoms with Crippen LogP contribution in [0.25, 0.3) is 44.7 Å². The minimum Gasteiger partial charge on any atom is -0.462 e. The summed E-state index contributed by atoms with van der Waals surface area (Å²) < 4.78 is 41.7. The van der Waals surface area contributed by atoms with E-state index in [1.165, 1.54) is 20.3 Å². The number of likely N-dealkylation sites (tertiary alicyclic amines) is 2.